The van der Waals surface area contributed by atoms with Crippen molar-refractivity contribution in [1.82, 2.24) is 4.31 Å². The number of halogens is 1. The second kappa shape index (κ2) is 6.55. The molecule has 0 saturated carbocycles. The van der Waals surface area contributed by atoms with E-state index in [0.717, 1.165) is 53.2 Å². The van der Waals surface area contributed by atoms with Gasteiger partial charge in [0.1, 0.15) is 17.3 Å². The van der Waals surface area contributed by atoms with E-state index in [2.05, 4.69) is 0 Å². The zero-order valence-corrected chi connectivity index (χ0v) is 15.3. The number of hydrogen-bond acceptors (Lipinski definition) is 4. The van der Waals surface area contributed by atoms with Crippen LogP contribution in [-0.4, -0.2) is 39.5 Å². The van der Waals surface area contributed by atoms with Crippen LogP contribution < -0.4 is 9.47 Å². The predicted octanol–water partition coefficient (Wildman–Crippen LogP) is 2.56. The molecule has 138 valence electrons. The van der Waals surface area contributed by atoms with Crippen LogP contribution in [0.4, 0.5) is 4.39 Å². The fourth-order valence-electron chi connectivity index (χ4n) is 3.53. The number of ether oxygens (including phenoxy) is 2. The topological polar surface area (TPSA) is 55.8 Å². The molecule has 2 heterocycles. The van der Waals surface area contributed by atoms with E-state index >= 15 is 0 Å². The lowest BCUT2D eigenvalue weighted by Gasteiger charge is -2.19. The fraction of sp³-hybridized carbons (Fsp3) is 0.368. The minimum absolute atomic E-state index is 0.0875. The average Bonchev–Trinajstić information content (AvgIpc) is 3.27. The quantitative estimate of drug-likeness (QED) is 0.804. The fourth-order valence-corrected chi connectivity index (χ4v) is 4.70. The molecule has 0 saturated heterocycles. The van der Waals surface area contributed by atoms with E-state index in [9.17, 15) is 12.8 Å². The molecule has 0 unspecified atom stereocenters. The Balaban J connectivity index is 1.57. The number of rotatable bonds is 5. The van der Waals surface area contributed by atoms with Crippen LogP contribution in [-0.2, 0) is 29.3 Å². The molecule has 2 aromatic carbocycles. The Labute approximate surface area is 152 Å². The van der Waals surface area contributed by atoms with Crippen LogP contribution in [0.1, 0.15) is 16.7 Å². The average molecular weight is 377 g/mol. The van der Waals surface area contributed by atoms with E-state index in [-0.39, 0.29) is 4.90 Å². The molecule has 4 rings (SSSR count). The SMILES string of the molecule is CN(CCc1c2c(cc3c1OCC3)OCC2)S(=O)(=O)c1ccc(F)cc1. The van der Waals surface area contributed by atoms with Crippen LogP contribution in [0.15, 0.2) is 35.2 Å². The normalized spacial score (nSPS) is 15.5. The standard InChI is InChI=1S/C19H20FNO4S/c1-21(26(22,23)15-4-2-14(20)3-5-15)9-6-17-16-8-11-24-18(16)12-13-7-10-25-19(13)17/h2-5,12H,6-11H2,1H3. The van der Waals surface area contributed by atoms with E-state index in [1.54, 1.807) is 7.05 Å². The molecule has 0 radical (unpaired) electrons. The molecule has 0 N–H and O–H groups in total. The number of sulfonamides is 1. The third kappa shape index (κ3) is 2.95. The minimum atomic E-state index is -3.66. The van der Waals surface area contributed by atoms with E-state index < -0.39 is 15.8 Å². The van der Waals surface area contributed by atoms with E-state index in [1.165, 1.54) is 16.4 Å². The Bertz CT molecular complexity index is 909. The van der Waals surface area contributed by atoms with Crippen molar-refractivity contribution in [2.24, 2.45) is 0 Å². The van der Waals surface area contributed by atoms with E-state index in [4.69, 9.17) is 9.47 Å². The summed E-state index contributed by atoms with van der Waals surface area (Å²) in [5.74, 6) is 1.33. The maximum absolute atomic E-state index is 13.1. The third-order valence-corrected chi connectivity index (χ3v) is 6.83. The third-order valence-electron chi connectivity index (χ3n) is 4.96. The first kappa shape index (κ1) is 17.3. The summed E-state index contributed by atoms with van der Waals surface area (Å²) >= 11 is 0. The van der Waals surface area contributed by atoms with Crippen LogP contribution in [0, 0.1) is 5.82 Å². The van der Waals surface area contributed by atoms with Crippen LogP contribution in [0.25, 0.3) is 0 Å². The lowest BCUT2D eigenvalue weighted by molar-refractivity contribution is 0.351. The predicted molar refractivity (Wildman–Crippen MR) is 94.8 cm³/mol. The lowest BCUT2D eigenvalue weighted by Crippen LogP contribution is -2.29. The second-order valence-electron chi connectivity index (χ2n) is 6.55. The maximum Gasteiger partial charge on any atom is 0.242 e. The second-order valence-corrected chi connectivity index (χ2v) is 8.59. The molecule has 2 aliphatic heterocycles. The van der Waals surface area contributed by atoms with Gasteiger partial charge in [-0.2, -0.15) is 0 Å². The van der Waals surface area contributed by atoms with Crippen molar-refractivity contribution >= 4 is 10.0 Å². The summed E-state index contributed by atoms with van der Waals surface area (Å²) in [5, 5.41) is 0. The number of fused-ring (bicyclic) bond motifs is 2. The van der Waals surface area contributed by atoms with E-state index in [0.29, 0.717) is 26.2 Å². The molecule has 0 bridgehead atoms. The Morgan fingerprint density at radius 3 is 2.62 bits per heavy atom. The van der Waals surface area contributed by atoms with Crippen molar-refractivity contribution in [3.8, 4) is 11.5 Å². The molecular weight excluding hydrogens is 357 g/mol. The molecule has 0 spiro atoms. The van der Waals surface area contributed by atoms with Crippen molar-refractivity contribution in [3.63, 3.8) is 0 Å². The van der Waals surface area contributed by atoms with Gasteiger partial charge in [0.25, 0.3) is 0 Å². The Morgan fingerprint density at radius 2 is 1.85 bits per heavy atom. The van der Waals surface area contributed by atoms with Gasteiger partial charge in [0.05, 0.1) is 18.1 Å². The zero-order chi connectivity index (χ0) is 18.3. The minimum Gasteiger partial charge on any atom is -0.493 e. The molecule has 7 heteroatoms. The molecule has 0 aliphatic carbocycles. The molecule has 2 aromatic rings. The lowest BCUT2D eigenvalue weighted by atomic mass is 9.97. The van der Waals surface area contributed by atoms with Gasteiger partial charge in [0, 0.05) is 43.1 Å². The van der Waals surface area contributed by atoms with Gasteiger partial charge in [-0.15, -0.1) is 0 Å². The molecule has 0 fully saturated rings. The maximum atomic E-state index is 13.1. The highest BCUT2D eigenvalue weighted by Crippen LogP contribution is 2.40. The van der Waals surface area contributed by atoms with Gasteiger partial charge in [-0.05, 0) is 36.8 Å². The van der Waals surface area contributed by atoms with Crippen LogP contribution in [0.3, 0.4) is 0 Å². The van der Waals surface area contributed by atoms with Gasteiger partial charge in [-0.3, -0.25) is 0 Å². The summed E-state index contributed by atoms with van der Waals surface area (Å²) in [7, 11) is -2.12. The van der Waals surface area contributed by atoms with Gasteiger partial charge >= 0.3 is 0 Å². The monoisotopic (exact) mass is 377 g/mol. The summed E-state index contributed by atoms with van der Waals surface area (Å²) in [6.07, 6.45) is 2.21. The highest BCUT2D eigenvalue weighted by molar-refractivity contribution is 7.89. The first-order valence-corrected chi connectivity index (χ1v) is 10.1. The van der Waals surface area contributed by atoms with Crippen molar-refractivity contribution in [1.29, 1.82) is 0 Å². The smallest absolute Gasteiger partial charge is 0.242 e. The first-order chi connectivity index (χ1) is 12.5. The van der Waals surface area contributed by atoms with Gasteiger partial charge in [0.2, 0.25) is 10.0 Å². The molecule has 0 aromatic heterocycles. The van der Waals surface area contributed by atoms with Crippen molar-refractivity contribution in [3.05, 3.63) is 52.8 Å². The molecule has 5 nitrogen and oxygen atoms in total. The van der Waals surface area contributed by atoms with Gasteiger partial charge < -0.3 is 9.47 Å². The van der Waals surface area contributed by atoms with Gasteiger partial charge in [0.15, 0.2) is 0 Å². The Kier molecular flexibility index (Phi) is 4.36. The van der Waals surface area contributed by atoms with Crippen molar-refractivity contribution in [2.45, 2.75) is 24.2 Å². The Morgan fingerprint density at radius 1 is 1.12 bits per heavy atom. The van der Waals surface area contributed by atoms with Crippen LogP contribution in [0.2, 0.25) is 0 Å². The number of likely N-dealkylation sites (N-methyl/N-ethyl adjacent to an activating group) is 1. The Hall–Kier alpha value is -2.12. The molecule has 2 aliphatic rings. The molecule has 0 atom stereocenters. The zero-order valence-electron chi connectivity index (χ0n) is 14.5. The number of nitrogens with zero attached hydrogens (tertiary/aromatic N) is 1. The number of benzene rings is 2. The van der Waals surface area contributed by atoms with Gasteiger partial charge in [-0.1, -0.05) is 0 Å². The highest BCUT2D eigenvalue weighted by atomic mass is 32.2. The summed E-state index contributed by atoms with van der Waals surface area (Å²) in [6.45, 7) is 1.61. The molecule has 26 heavy (non-hydrogen) atoms. The van der Waals surface area contributed by atoms with E-state index in [1.807, 2.05) is 6.07 Å². The molecule has 0 amide bonds. The first-order valence-electron chi connectivity index (χ1n) is 8.62. The van der Waals surface area contributed by atoms with Crippen LogP contribution in [0.5, 0.6) is 11.5 Å². The van der Waals surface area contributed by atoms with Crippen molar-refractivity contribution in [2.75, 3.05) is 26.8 Å². The summed E-state index contributed by atoms with van der Waals surface area (Å²) < 4.78 is 51.2. The van der Waals surface area contributed by atoms with Gasteiger partial charge in [-0.25, -0.2) is 17.1 Å². The molecular formula is C19H20FNO4S. The largest absolute Gasteiger partial charge is 0.493 e. The number of hydrogen-bond donors (Lipinski definition) is 0. The summed E-state index contributed by atoms with van der Waals surface area (Å²) in [4.78, 5) is 0.0875. The summed E-state index contributed by atoms with van der Waals surface area (Å²) in [5.41, 5.74) is 3.30. The van der Waals surface area contributed by atoms with Crippen molar-refractivity contribution < 1.29 is 22.3 Å². The highest BCUT2D eigenvalue weighted by Gasteiger charge is 2.28. The summed E-state index contributed by atoms with van der Waals surface area (Å²) in [6, 6.07) is 6.94. The van der Waals surface area contributed by atoms with Crippen LogP contribution >= 0.6 is 0 Å².